The Bertz CT molecular complexity index is 389. The molecular weight excluding hydrogens is 174 g/mol. The molecule has 0 aromatic heterocycles. The molecule has 0 saturated heterocycles. The first-order valence-electron chi connectivity index (χ1n) is 3.98. The van der Waals surface area contributed by atoms with Gasteiger partial charge in [0, 0.05) is 6.54 Å². The lowest BCUT2D eigenvalue weighted by atomic mass is 10.2. The maximum Gasteiger partial charge on any atom is 0.209 e. The van der Waals surface area contributed by atoms with E-state index in [0.717, 1.165) is 6.26 Å². The summed E-state index contributed by atoms with van der Waals surface area (Å²) >= 11 is 0. The molecular formula is C8H11NO2S. The minimum absolute atomic E-state index is 0.179. The van der Waals surface area contributed by atoms with E-state index in [1.165, 1.54) is 0 Å². The average molecular weight is 186 g/mol. The second-order valence-electron chi connectivity index (χ2n) is 2.48. The first-order chi connectivity index (χ1) is 5.99. The minimum Gasteiger partial charge on any atom is -0.213 e. The van der Waals surface area contributed by atoms with Crippen LogP contribution < -0.4 is 4.72 Å². The molecule has 1 rings (SSSR count). The van der Waals surface area contributed by atoms with E-state index < -0.39 is 10.0 Å². The number of hydrogen-bond acceptors (Lipinski definition) is 2. The van der Waals surface area contributed by atoms with Crippen molar-refractivity contribution in [3.8, 4) is 0 Å². The molecule has 1 aromatic rings. The molecule has 66 valence electrons. The molecule has 4 heteroatoms. The van der Waals surface area contributed by atoms with Crippen LogP contribution in [-0.4, -0.2) is 14.7 Å². The van der Waals surface area contributed by atoms with Crippen LogP contribution in [0.2, 0.25) is 0 Å². The third kappa shape index (κ3) is 3.50. The highest BCUT2D eigenvalue weighted by Crippen LogP contribution is 1.97. The summed E-state index contributed by atoms with van der Waals surface area (Å²) in [6.07, 6.45) is 1.10. The van der Waals surface area contributed by atoms with Gasteiger partial charge in [-0.2, -0.15) is 0 Å². The second-order valence-corrected chi connectivity index (χ2v) is 4.31. The first-order valence-corrected chi connectivity index (χ1v) is 5.37. The molecule has 1 N–H and O–H groups in total. The van der Waals surface area contributed by atoms with E-state index in [0.29, 0.717) is 11.6 Å². The van der Waals surface area contributed by atoms with Gasteiger partial charge in [-0.05, 0) is 5.56 Å². The maximum atomic E-state index is 10.7. The summed E-state index contributed by atoms with van der Waals surface area (Å²) in [4.78, 5) is 0. The standard InChI is InChI=1S/C8H11NO2S/c1-12(10,11)9-7-8-5-3-2-4-6-8/h2-6,9H,7H2,1H3/i5D. The zero-order valence-electron chi connectivity index (χ0n) is 7.74. The molecule has 0 unspecified atom stereocenters. The van der Waals surface area contributed by atoms with Crippen LogP contribution in [-0.2, 0) is 16.6 Å². The number of hydrogen-bond donors (Lipinski definition) is 1. The van der Waals surface area contributed by atoms with Crippen LogP contribution in [0.25, 0.3) is 0 Å². The van der Waals surface area contributed by atoms with E-state index in [-0.39, 0.29) is 6.54 Å². The van der Waals surface area contributed by atoms with Gasteiger partial charge in [0.25, 0.3) is 0 Å². The Morgan fingerprint density at radius 3 is 2.83 bits per heavy atom. The molecule has 0 radical (unpaired) electrons. The van der Waals surface area contributed by atoms with Crippen LogP contribution in [0.4, 0.5) is 0 Å². The second kappa shape index (κ2) is 3.69. The van der Waals surface area contributed by atoms with E-state index in [2.05, 4.69) is 4.72 Å². The van der Waals surface area contributed by atoms with Gasteiger partial charge >= 0.3 is 0 Å². The molecule has 0 aliphatic heterocycles. The van der Waals surface area contributed by atoms with Crippen molar-refractivity contribution in [1.82, 2.24) is 4.72 Å². The largest absolute Gasteiger partial charge is 0.213 e. The third-order valence-corrected chi connectivity index (χ3v) is 1.97. The molecule has 1 aromatic carbocycles. The smallest absolute Gasteiger partial charge is 0.209 e. The zero-order chi connectivity index (χ0) is 9.90. The molecule has 12 heavy (non-hydrogen) atoms. The topological polar surface area (TPSA) is 46.2 Å². The summed E-state index contributed by atoms with van der Waals surface area (Å²) in [7, 11) is -3.17. The van der Waals surface area contributed by atoms with E-state index in [9.17, 15) is 8.42 Å². The SMILES string of the molecule is [2H]c1ccccc1CNS(C)(=O)=O. The van der Waals surface area contributed by atoms with E-state index in [4.69, 9.17) is 1.37 Å². The lowest BCUT2D eigenvalue weighted by Crippen LogP contribution is -2.20. The third-order valence-electron chi connectivity index (χ3n) is 1.30. The maximum absolute atomic E-state index is 10.7. The molecule has 0 saturated carbocycles. The van der Waals surface area contributed by atoms with Crippen LogP contribution in [0, 0.1) is 0 Å². The number of rotatable bonds is 3. The van der Waals surface area contributed by atoms with Gasteiger partial charge in [-0.3, -0.25) is 0 Å². The van der Waals surface area contributed by atoms with Gasteiger partial charge in [0.05, 0.1) is 7.63 Å². The van der Waals surface area contributed by atoms with Crippen molar-refractivity contribution in [2.75, 3.05) is 6.26 Å². The Labute approximate surface area is 73.9 Å². The van der Waals surface area contributed by atoms with Gasteiger partial charge in [0.2, 0.25) is 10.0 Å². The Hall–Kier alpha value is -0.870. The van der Waals surface area contributed by atoms with Crippen molar-refractivity contribution >= 4 is 10.0 Å². The van der Waals surface area contributed by atoms with Gasteiger partial charge in [0.15, 0.2) is 0 Å². The van der Waals surface area contributed by atoms with Crippen LogP contribution >= 0.6 is 0 Å². The average Bonchev–Trinajstić information content (AvgIpc) is 2.01. The number of benzene rings is 1. The van der Waals surface area contributed by atoms with Crippen molar-refractivity contribution in [2.24, 2.45) is 0 Å². The van der Waals surface area contributed by atoms with Crippen molar-refractivity contribution < 1.29 is 9.79 Å². The van der Waals surface area contributed by atoms with Crippen molar-refractivity contribution in [3.05, 3.63) is 35.9 Å². The van der Waals surface area contributed by atoms with Crippen molar-refractivity contribution in [2.45, 2.75) is 6.54 Å². The molecule has 0 heterocycles. The summed E-state index contributed by atoms with van der Waals surface area (Å²) in [6.45, 7) is 0.179. The fourth-order valence-corrected chi connectivity index (χ4v) is 1.17. The van der Waals surface area contributed by atoms with Crippen LogP contribution in [0.3, 0.4) is 0 Å². The molecule has 0 aliphatic rings. The number of sulfonamides is 1. The van der Waals surface area contributed by atoms with Crippen molar-refractivity contribution in [3.63, 3.8) is 0 Å². The zero-order valence-corrected chi connectivity index (χ0v) is 7.56. The van der Waals surface area contributed by atoms with E-state index in [1.807, 2.05) is 0 Å². The molecule has 0 aliphatic carbocycles. The van der Waals surface area contributed by atoms with Gasteiger partial charge in [-0.15, -0.1) is 0 Å². The Kier molecular flexibility index (Phi) is 2.39. The van der Waals surface area contributed by atoms with Crippen LogP contribution in [0.1, 0.15) is 6.93 Å². The fourth-order valence-electron chi connectivity index (χ4n) is 0.749. The van der Waals surface area contributed by atoms with Crippen LogP contribution in [0.5, 0.6) is 0 Å². The molecule has 0 fully saturated rings. The van der Waals surface area contributed by atoms with E-state index >= 15 is 0 Å². The monoisotopic (exact) mass is 186 g/mol. The summed E-state index contributed by atoms with van der Waals surface area (Å²) in [5.41, 5.74) is 0.674. The normalized spacial score (nSPS) is 12.6. The van der Waals surface area contributed by atoms with Crippen molar-refractivity contribution in [1.29, 1.82) is 0 Å². The predicted molar refractivity (Wildman–Crippen MR) is 48.1 cm³/mol. The molecule has 0 spiro atoms. The first kappa shape index (κ1) is 7.76. The van der Waals surface area contributed by atoms with Crippen LogP contribution in [0.15, 0.2) is 30.3 Å². The summed E-state index contributed by atoms with van der Waals surface area (Å²) in [5, 5.41) is 0. The summed E-state index contributed by atoms with van der Waals surface area (Å²) in [5.74, 6) is 0. The minimum atomic E-state index is -3.17. The lowest BCUT2D eigenvalue weighted by molar-refractivity contribution is 0.587. The Balaban J connectivity index is 2.71. The molecule has 0 bridgehead atoms. The highest BCUT2D eigenvalue weighted by Gasteiger charge is 1.98. The quantitative estimate of drug-likeness (QED) is 0.756. The van der Waals surface area contributed by atoms with E-state index in [1.54, 1.807) is 24.3 Å². The Morgan fingerprint density at radius 1 is 1.50 bits per heavy atom. The molecule has 0 amide bonds. The number of nitrogens with one attached hydrogen (secondary N) is 1. The fraction of sp³-hybridized carbons (Fsp3) is 0.250. The summed E-state index contributed by atoms with van der Waals surface area (Å²) in [6, 6.07) is 7.21. The lowest BCUT2D eigenvalue weighted by Gasteiger charge is -2.00. The highest BCUT2D eigenvalue weighted by molar-refractivity contribution is 7.88. The highest BCUT2D eigenvalue weighted by atomic mass is 32.2. The Morgan fingerprint density at radius 2 is 2.25 bits per heavy atom. The van der Waals surface area contributed by atoms with Gasteiger partial charge in [-0.25, -0.2) is 13.1 Å². The van der Waals surface area contributed by atoms with Gasteiger partial charge in [0.1, 0.15) is 0 Å². The molecule has 0 atom stereocenters. The van der Waals surface area contributed by atoms with Gasteiger partial charge < -0.3 is 0 Å². The van der Waals surface area contributed by atoms with Gasteiger partial charge in [-0.1, -0.05) is 30.3 Å². The predicted octanol–water partition coefficient (Wildman–Crippen LogP) is 0.736. The molecule has 3 nitrogen and oxygen atoms in total. The summed E-state index contributed by atoms with van der Waals surface area (Å²) < 4.78 is 31.3.